The first-order valence-electron chi connectivity index (χ1n) is 10.2. The molecule has 0 aliphatic carbocycles. The van der Waals surface area contributed by atoms with Crippen molar-refractivity contribution in [3.05, 3.63) is 131 Å². The number of benzene rings is 3. The van der Waals surface area contributed by atoms with E-state index in [1.54, 1.807) is 18.2 Å². The average molecular weight is 397 g/mol. The predicted molar refractivity (Wildman–Crippen MR) is 127 cm³/mol. The molecule has 3 rings (SSSR count). The van der Waals surface area contributed by atoms with E-state index in [9.17, 15) is 9.90 Å². The van der Waals surface area contributed by atoms with Crippen LogP contribution in [-0.2, 0) is 11.2 Å². The smallest absolute Gasteiger partial charge is 0.185 e. The Labute approximate surface area is 179 Å². The number of carbonyl (C=O) groups is 1. The molecule has 0 aliphatic rings. The minimum absolute atomic E-state index is 0.0181. The Hall–Kier alpha value is -3.65. The standard InChI is InChI=1S/C26H22O2.C2H6/c27-25(18-16-21-10-4-1-5-11-21)24(20-23-14-8-3-9-15-23)26(28)19-17-22-12-6-2-7-13-22;1-2/h1-19,27H,20H2;1-2H3/b18-16+,19-17+,25-24-;. The summed E-state index contributed by atoms with van der Waals surface area (Å²) in [6.45, 7) is 4.00. The van der Waals surface area contributed by atoms with Gasteiger partial charge >= 0.3 is 0 Å². The monoisotopic (exact) mass is 396 g/mol. The number of rotatable bonds is 7. The number of hydrogen-bond donors (Lipinski definition) is 1. The van der Waals surface area contributed by atoms with E-state index in [1.807, 2.05) is 105 Å². The minimum Gasteiger partial charge on any atom is -0.508 e. The Bertz CT molecular complexity index is 983. The van der Waals surface area contributed by atoms with Crippen LogP contribution in [0.5, 0.6) is 0 Å². The largest absolute Gasteiger partial charge is 0.508 e. The average Bonchev–Trinajstić information content (AvgIpc) is 2.83. The summed E-state index contributed by atoms with van der Waals surface area (Å²) < 4.78 is 0. The van der Waals surface area contributed by atoms with Gasteiger partial charge in [0.2, 0.25) is 0 Å². The van der Waals surface area contributed by atoms with Gasteiger partial charge in [-0.15, -0.1) is 0 Å². The summed E-state index contributed by atoms with van der Waals surface area (Å²) >= 11 is 0. The van der Waals surface area contributed by atoms with Gasteiger partial charge in [0.1, 0.15) is 5.76 Å². The molecule has 0 radical (unpaired) electrons. The van der Waals surface area contributed by atoms with Crippen molar-refractivity contribution in [1.82, 2.24) is 0 Å². The van der Waals surface area contributed by atoms with Crippen LogP contribution >= 0.6 is 0 Å². The maximum atomic E-state index is 12.8. The molecule has 0 saturated carbocycles. The maximum absolute atomic E-state index is 12.8. The molecule has 1 N–H and O–H groups in total. The van der Waals surface area contributed by atoms with Crippen LogP contribution in [-0.4, -0.2) is 10.9 Å². The summed E-state index contributed by atoms with van der Waals surface area (Å²) in [6, 6.07) is 29.0. The maximum Gasteiger partial charge on any atom is 0.185 e. The molecule has 0 heterocycles. The Morgan fingerprint density at radius 1 is 0.700 bits per heavy atom. The Kier molecular flexibility index (Phi) is 9.61. The molecule has 152 valence electrons. The van der Waals surface area contributed by atoms with Gasteiger partial charge in [0.15, 0.2) is 5.78 Å². The number of ketones is 1. The van der Waals surface area contributed by atoms with Gasteiger partial charge in [0, 0.05) is 12.0 Å². The SMILES string of the molecule is CC.O=C(/C=C/c1ccccc1)/C(Cc1ccccc1)=C(O)/C=C/c1ccccc1. The van der Waals surface area contributed by atoms with Crippen molar-refractivity contribution in [2.24, 2.45) is 0 Å². The lowest BCUT2D eigenvalue weighted by Crippen LogP contribution is -2.06. The second-order valence-electron chi connectivity index (χ2n) is 6.38. The number of aliphatic hydroxyl groups is 1. The second-order valence-corrected chi connectivity index (χ2v) is 6.38. The molecule has 0 atom stereocenters. The summed E-state index contributed by atoms with van der Waals surface area (Å²) in [5, 5.41) is 10.6. The van der Waals surface area contributed by atoms with Crippen LogP contribution in [0, 0.1) is 0 Å². The van der Waals surface area contributed by atoms with Crippen LogP contribution in [0.15, 0.2) is 114 Å². The van der Waals surface area contributed by atoms with Crippen molar-refractivity contribution < 1.29 is 9.90 Å². The molecular formula is C28H28O2. The summed E-state index contributed by atoms with van der Waals surface area (Å²) in [7, 11) is 0. The third-order valence-corrected chi connectivity index (χ3v) is 4.29. The number of hydrogen-bond acceptors (Lipinski definition) is 2. The van der Waals surface area contributed by atoms with Crippen LogP contribution in [0.2, 0.25) is 0 Å². The first-order valence-corrected chi connectivity index (χ1v) is 10.2. The zero-order valence-electron chi connectivity index (χ0n) is 17.5. The molecule has 2 nitrogen and oxygen atoms in total. The number of carbonyl (C=O) groups excluding carboxylic acids is 1. The van der Waals surface area contributed by atoms with E-state index in [2.05, 4.69) is 0 Å². The van der Waals surface area contributed by atoms with Crippen molar-refractivity contribution >= 4 is 17.9 Å². The molecule has 0 aromatic heterocycles. The third-order valence-electron chi connectivity index (χ3n) is 4.29. The summed E-state index contributed by atoms with van der Waals surface area (Å²) in [5.41, 5.74) is 3.24. The first kappa shape index (κ1) is 22.6. The van der Waals surface area contributed by atoms with E-state index < -0.39 is 0 Å². The van der Waals surface area contributed by atoms with Crippen LogP contribution in [0.25, 0.3) is 12.2 Å². The molecule has 0 saturated heterocycles. The fraction of sp³-hybridized carbons (Fsp3) is 0.107. The molecule has 0 fully saturated rings. The van der Waals surface area contributed by atoms with Gasteiger partial charge in [-0.05, 0) is 28.8 Å². The van der Waals surface area contributed by atoms with Crippen molar-refractivity contribution in [2.75, 3.05) is 0 Å². The van der Waals surface area contributed by atoms with Crippen molar-refractivity contribution in [1.29, 1.82) is 0 Å². The molecule has 0 unspecified atom stereocenters. The molecule has 3 aromatic rings. The lowest BCUT2D eigenvalue weighted by atomic mass is 9.99. The van der Waals surface area contributed by atoms with Crippen LogP contribution in [0.1, 0.15) is 30.5 Å². The number of allylic oxidation sites excluding steroid dienone is 3. The van der Waals surface area contributed by atoms with Gasteiger partial charge in [-0.1, -0.05) is 117 Å². The zero-order chi connectivity index (χ0) is 21.6. The van der Waals surface area contributed by atoms with E-state index in [-0.39, 0.29) is 11.5 Å². The van der Waals surface area contributed by atoms with Gasteiger partial charge in [-0.3, -0.25) is 4.79 Å². The van der Waals surface area contributed by atoms with Crippen molar-refractivity contribution in [2.45, 2.75) is 20.3 Å². The summed E-state index contributed by atoms with van der Waals surface area (Å²) in [4.78, 5) is 12.8. The quantitative estimate of drug-likeness (QED) is 0.264. The first-order chi connectivity index (χ1) is 14.7. The zero-order valence-corrected chi connectivity index (χ0v) is 17.5. The van der Waals surface area contributed by atoms with E-state index in [0.29, 0.717) is 12.0 Å². The lowest BCUT2D eigenvalue weighted by Gasteiger charge is -2.07. The van der Waals surface area contributed by atoms with Crippen LogP contribution < -0.4 is 0 Å². The van der Waals surface area contributed by atoms with Crippen LogP contribution in [0.3, 0.4) is 0 Å². The molecular weight excluding hydrogens is 368 g/mol. The normalized spacial score (nSPS) is 11.7. The molecule has 0 aliphatic heterocycles. The van der Waals surface area contributed by atoms with E-state index in [1.165, 1.54) is 6.08 Å². The van der Waals surface area contributed by atoms with E-state index in [0.717, 1.165) is 16.7 Å². The Morgan fingerprint density at radius 3 is 1.63 bits per heavy atom. The summed E-state index contributed by atoms with van der Waals surface area (Å²) in [5.74, 6) is -0.224. The van der Waals surface area contributed by atoms with E-state index in [4.69, 9.17) is 0 Å². The molecule has 30 heavy (non-hydrogen) atoms. The highest BCUT2D eigenvalue weighted by molar-refractivity contribution is 6.07. The van der Waals surface area contributed by atoms with Gasteiger partial charge in [0.05, 0.1) is 0 Å². The van der Waals surface area contributed by atoms with Gasteiger partial charge < -0.3 is 5.11 Å². The minimum atomic E-state index is -0.206. The van der Waals surface area contributed by atoms with Crippen LogP contribution in [0.4, 0.5) is 0 Å². The molecule has 0 spiro atoms. The van der Waals surface area contributed by atoms with E-state index >= 15 is 0 Å². The highest BCUT2D eigenvalue weighted by Gasteiger charge is 2.12. The van der Waals surface area contributed by atoms with Gasteiger partial charge in [0.25, 0.3) is 0 Å². The topological polar surface area (TPSA) is 37.3 Å². The Balaban J connectivity index is 0.00000155. The second kappa shape index (κ2) is 12.7. The fourth-order valence-corrected chi connectivity index (χ4v) is 2.78. The number of aliphatic hydroxyl groups excluding tert-OH is 1. The molecule has 3 aromatic carbocycles. The summed E-state index contributed by atoms with van der Waals surface area (Å²) in [6.07, 6.45) is 7.03. The third kappa shape index (κ3) is 7.40. The molecule has 0 amide bonds. The fourth-order valence-electron chi connectivity index (χ4n) is 2.78. The molecule has 0 bridgehead atoms. The van der Waals surface area contributed by atoms with Crippen molar-refractivity contribution in [3.63, 3.8) is 0 Å². The highest BCUT2D eigenvalue weighted by atomic mass is 16.3. The predicted octanol–water partition coefficient (Wildman–Crippen LogP) is 7.06. The van der Waals surface area contributed by atoms with Gasteiger partial charge in [-0.2, -0.15) is 0 Å². The van der Waals surface area contributed by atoms with Crippen molar-refractivity contribution in [3.8, 4) is 0 Å². The highest BCUT2D eigenvalue weighted by Crippen LogP contribution is 2.16. The lowest BCUT2D eigenvalue weighted by molar-refractivity contribution is -0.111. The van der Waals surface area contributed by atoms with Gasteiger partial charge in [-0.25, -0.2) is 0 Å². The Morgan fingerprint density at radius 2 is 1.13 bits per heavy atom. The molecule has 2 heteroatoms.